The molecule has 0 radical (unpaired) electrons. The van der Waals surface area contributed by atoms with Gasteiger partial charge in [-0.15, -0.1) is 0 Å². The van der Waals surface area contributed by atoms with Gasteiger partial charge in [0.05, 0.1) is 0 Å². The topological polar surface area (TPSA) is 51.0 Å². The third kappa shape index (κ3) is 2.55. The van der Waals surface area contributed by atoms with E-state index >= 15 is 0 Å². The van der Waals surface area contributed by atoms with Crippen LogP contribution in [0.2, 0.25) is 0 Å². The monoisotopic (exact) mass is 283 g/mol. The van der Waals surface area contributed by atoms with Gasteiger partial charge in [0.1, 0.15) is 0 Å². The number of hydrogen-bond acceptors (Lipinski definition) is 4. The Labute approximate surface area is 124 Å². The van der Waals surface area contributed by atoms with Crippen LogP contribution in [0.3, 0.4) is 0 Å². The van der Waals surface area contributed by atoms with Crippen molar-refractivity contribution >= 4 is 5.69 Å². The lowest BCUT2D eigenvalue weighted by Gasteiger charge is -2.07. The molecule has 2 heterocycles. The van der Waals surface area contributed by atoms with E-state index in [0.717, 1.165) is 24.4 Å². The third-order valence-corrected chi connectivity index (χ3v) is 4.73. The molecule has 0 amide bonds. The van der Waals surface area contributed by atoms with Crippen molar-refractivity contribution in [1.29, 1.82) is 0 Å². The summed E-state index contributed by atoms with van der Waals surface area (Å²) >= 11 is 0. The zero-order chi connectivity index (χ0) is 14.1. The van der Waals surface area contributed by atoms with Crippen LogP contribution in [0.1, 0.15) is 55.8 Å². The first-order valence-electron chi connectivity index (χ1n) is 8.11. The maximum absolute atomic E-state index is 5.52. The van der Waals surface area contributed by atoms with Crippen molar-refractivity contribution in [1.82, 2.24) is 10.1 Å². The summed E-state index contributed by atoms with van der Waals surface area (Å²) in [6, 6.07) is 6.39. The van der Waals surface area contributed by atoms with Crippen molar-refractivity contribution in [2.24, 2.45) is 0 Å². The molecule has 2 aromatic rings. The lowest BCUT2D eigenvalue weighted by molar-refractivity contribution is 0.410. The van der Waals surface area contributed by atoms with Gasteiger partial charge in [-0.05, 0) is 37.0 Å². The molecule has 1 saturated carbocycles. The first-order chi connectivity index (χ1) is 10.4. The Kier molecular flexibility index (Phi) is 3.37. The fraction of sp³-hybridized carbons (Fsp3) is 0.529. The normalized spacial score (nSPS) is 19.0. The smallest absolute Gasteiger partial charge is 0.258 e. The Morgan fingerprint density at radius 3 is 2.81 bits per heavy atom. The Balaban J connectivity index is 1.59. The summed E-state index contributed by atoms with van der Waals surface area (Å²) < 4.78 is 5.52. The summed E-state index contributed by atoms with van der Waals surface area (Å²) in [4.78, 5) is 4.67. The second kappa shape index (κ2) is 5.51. The van der Waals surface area contributed by atoms with Gasteiger partial charge in [0.25, 0.3) is 5.89 Å². The van der Waals surface area contributed by atoms with Gasteiger partial charge >= 0.3 is 0 Å². The van der Waals surface area contributed by atoms with Crippen molar-refractivity contribution in [3.8, 4) is 11.5 Å². The fourth-order valence-corrected chi connectivity index (χ4v) is 3.48. The number of hydrogen-bond donors (Lipinski definition) is 1. The molecule has 1 aromatic carbocycles. The molecule has 1 aliphatic heterocycles. The average Bonchev–Trinajstić information content (AvgIpc) is 3.10. The van der Waals surface area contributed by atoms with Gasteiger partial charge in [0.2, 0.25) is 0 Å². The molecule has 0 spiro atoms. The minimum Gasteiger partial charge on any atom is -0.384 e. The van der Waals surface area contributed by atoms with Gasteiger partial charge in [-0.1, -0.05) is 36.9 Å². The number of benzene rings is 1. The molecule has 110 valence electrons. The van der Waals surface area contributed by atoms with Crippen LogP contribution in [0.15, 0.2) is 22.7 Å². The van der Waals surface area contributed by atoms with E-state index in [4.69, 9.17) is 4.52 Å². The van der Waals surface area contributed by atoms with Gasteiger partial charge < -0.3 is 9.84 Å². The van der Waals surface area contributed by atoms with Gasteiger partial charge in [-0.3, -0.25) is 0 Å². The highest BCUT2D eigenvalue weighted by atomic mass is 16.5. The Hall–Kier alpha value is -1.84. The molecule has 4 heteroatoms. The van der Waals surface area contributed by atoms with E-state index in [0.29, 0.717) is 11.8 Å². The number of aromatic nitrogens is 2. The number of anilines is 1. The molecule has 0 unspecified atom stereocenters. The van der Waals surface area contributed by atoms with E-state index in [1.807, 2.05) is 0 Å². The second-order valence-electron chi connectivity index (χ2n) is 6.19. The van der Waals surface area contributed by atoms with Crippen molar-refractivity contribution in [3.05, 3.63) is 29.6 Å². The summed E-state index contributed by atoms with van der Waals surface area (Å²) in [7, 11) is 0. The van der Waals surface area contributed by atoms with Gasteiger partial charge in [-0.25, -0.2) is 0 Å². The fourth-order valence-electron chi connectivity index (χ4n) is 3.48. The minimum absolute atomic E-state index is 0.484. The molecule has 0 saturated heterocycles. The summed E-state index contributed by atoms with van der Waals surface area (Å²) in [5, 5.41) is 7.64. The number of nitrogens with one attached hydrogen (secondary N) is 1. The maximum atomic E-state index is 5.52. The van der Waals surface area contributed by atoms with Crippen LogP contribution in [0.4, 0.5) is 5.69 Å². The Morgan fingerprint density at radius 2 is 1.95 bits per heavy atom. The highest BCUT2D eigenvalue weighted by molar-refractivity contribution is 5.66. The standard InChI is InChI=1S/C17H21N3O/c1-2-4-6-13(5-3-1)16-19-17(21-20-16)14-8-7-12-9-10-18-15(12)11-14/h7-8,11,13,18H,1-6,9-10H2. The Morgan fingerprint density at radius 1 is 1.10 bits per heavy atom. The predicted molar refractivity (Wildman–Crippen MR) is 82.4 cm³/mol. The van der Waals surface area contributed by atoms with Crippen molar-refractivity contribution in [3.63, 3.8) is 0 Å². The van der Waals surface area contributed by atoms with Gasteiger partial charge in [-0.2, -0.15) is 4.98 Å². The lowest BCUT2D eigenvalue weighted by atomic mass is 10.00. The van der Waals surface area contributed by atoms with Crippen LogP contribution in [0, 0.1) is 0 Å². The molecule has 1 aliphatic carbocycles. The SMILES string of the molecule is c1cc2c(cc1-c1nc(C3CCCCCC3)no1)NCC2. The Bertz CT molecular complexity index is 627. The third-order valence-electron chi connectivity index (χ3n) is 4.73. The molecule has 1 aromatic heterocycles. The highest BCUT2D eigenvalue weighted by Gasteiger charge is 2.21. The number of fused-ring (bicyclic) bond motifs is 1. The maximum Gasteiger partial charge on any atom is 0.258 e. The molecule has 2 aliphatic rings. The molecule has 0 bridgehead atoms. The minimum atomic E-state index is 0.484. The van der Waals surface area contributed by atoms with Gasteiger partial charge in [0.15, 0.2) is 5.82 Å². The molecule has 0 atom stereocenters. The highest BCUT2D eigenvalue weighted by Crippen LogP contribution is 2.32. The van der Waals surface area contributed by atoms with Crippen molar-refractivity contribution in [2.75, 3.05) is 11.9 Å². The van der Waals surface area contributed by atoms with E-state index in [9.17, 15) is 0 Å². The number of nitrogens with zero attached hydrogens (tertiary/aromatic N) is 2. The molecule has 1 fully saturated rings. The first-order valence-corrected chi connectivity index (χ1v) is 8.11. The average molecular weight is 283 g/mol. The first kappa shape index (κ1) is 12.9. The van der Waals surface area contributed by atoms with Gasteiger partial charge in [0, 0.05) is 23.7 Å². The number of rotatable bonds is 2. The second-order valence-corrected chi connectivity index (χ2v) is 6.19. The van der Waals surface area contributed by atoms with E-state index in [2.05, 4.69) is 33.7 Å². The summed E-state index contributed by atoms with van der Waals surface area (Å²) in [6.07, 6.45) is 8.77. The quantitative estimate of drug-likeness (QED) is 0.841. The van der Waals surface area contributed by atoms with Crippen LogP contribution in [0.25, 0.3) is 11.5 Å². The molecular weight excluding hydrogens is 262 g/mol. The van der Waals surface area contributed by atoms with E-state index in [1.54, 1.807) is 0 Å². The molecule has 1 N–H and O–H groups in total. The van der Waals surface area contributed by atoms with E-state index in [-0.39, 0.29) is 0 Å². The zero-order valence-corrected chi connectivity index (χ0v) is 12.3. The summed E-state index contributed by atoms with van der Waals surface area (Å²) in [6.45, 7) is 1.02. The van der Waals surface area contributed by atoms with E-state index < -0.39 is 0 Å². The molecular formula is C17H21N3O. The predicted octanol–water partition coefficient (Wildman–Crippen LogP) is 4.14. The molecule has 4 nitrogen and oxygen atoms in total. The van der Waals surface area contributed by atoms with Crippen LogP contribution in [0.5, 0.6) is 0 Å². The summed E-state index contributed by atoms with van der Waals surface area (Å²) in [5.74, 6) is 2.05. The lowest BCUT2D eigenvalue weighted by Crippen LogP contribution is -1.99. The summed E-state index contributed by atoms with van der Waals surface area (Å²) in [5.41, 5.74) is 3.61. The zero-order valence-electron chi connectivity index (χ0n) is 12.3. The molecule has 21 heavy (non-hydrogen) atoms. The van der Waals surface area contributed by atoms with Crippen molar-refractivity contribution in [2.45, 2.75) is 50.9 Å². The van der Waals surface area contributed by atoms with Crippen LogP contribution >= 0.6 is 0 Å². The van der Waals surface area contributed by atoms with E-state index in [1.165, 1.54) is 49.8 Å². The molecule has 4 rings (SSSR count). The van der Waals surface area contributed by atoms with Crippen LogP contribution in [-0.2, 0) is 6.42 Å². The van der Waals surface area contributed by atoms with Crippen molar-refractivity contribution < 1.29 is 4.52 Å². The van der Waals surface area contributed by atoms with Crippen LogP contribution in [-0.4, -0.2) is 16.7 Å². The largest absolute Gasteiger partial charge is 0.384 e. The van der Waals surface area contributed by atoms with Crippen LogP contribution < -0.4 is 5.32 Å².